The van der Waals surface area contributed by atoms with Gasteiger partial charge >= 0.3 is 0 Å². The third kappa shape index (κ3) is 1.95. The predicted molar refractivity (Wildman–Crippen MR) is 67.9 cm³/mol. The molecule has 4 heteroatoms. The van der Waals surface area contributed by atoms with Crippen LogP contribution in [0.4, 0.5) is 0 Å². The van der Waals surface area contributed by atoms with Crippen molar-refractivity contribution in [1.82, 2.24) is 9.78 Å². The van der Waals surface area contributed by atoms with E-state index >= 15 is 0 Å². The number of hydrogen-bond acceptors (Lipinski definition) is 3. The van der Waals surface area contributed by atoms with Crippen molar-refractivity contribution in [2.75, 3.05) is 0 Å². The molecule has 0 amide bonds. The molecule has 2 N–H and O–H groups in total. The summed E-state index contributed by atoms with van der Waals surface area (Å²) < 4.78 is 7.92. The molecule has 0 bridgehead atoms. The predicted octanol–water partition coefficient (Wildman–Crippen LogP) is 2.19. The first kappa shape index (κ1) is 12.4. The molecular formula is C13H23N3O. The maximum atomic E-state index is 6.15. The van der Waals surface area contributed by atoms with Crippen molar-refractivity contribution in [1.29, 1.82) is 0 Å². The quantitative estimate of drug-likeness (QED) is 0.854. The number of hydrogen-bond donors (Lipinski definition) is 1. The van der Waals surface area contributed by atoms with Crippen LogP contribution in [0.5, 0.6) is 5.75 Å². The fourth-order valence-electron chi connectivity index (χ4n) is 2.92. The number of nitrogens with zero attached hydrogens (tertiary/aromatic N) is 2. The highest BCUT2D eigenvalue weighted by atomic mass is 16.5. The smallest absolute Gasteiger partial charge is 0.157 e. The summed E-state index contributed by atoms with van der Waals surface area (Å²) in [6.07, 6.45) is 7.12. The average Bonchev–Trinajstić information content (AvgIpc) is 2.78. The molecule has 0 spiro atoms. The average molecular weight is 237 g/mol. The molecule has 4 nitrogen and oxygen atoms in total. The molecule has 0 saturated heterocycles. The van der Waals surface area contributed by atoms with Crippen LogP contribution in [0.1, 0.15) is 40.0 Å². The summed E-state index contributed by atoms with van der Waals surface area (Å²) in [4.78, 5) is 0. The number of rotatable bonds is 5. The Morgan fingerprint density at radius 1 is 1.47 bits per heavy atom. The Morgan fingerprint density at radius 3 is 2.65 bits per heavy atom. The fourth-order valence-corrected chi connectivity index (χ4v) is 2.92. The van der Waals surface area contributed by atoms with Crippen molar-refractivity contribution in [3.8, 4) is 5.75 Å². The monoisotopic (exact) mass is 237 g/mol. The molecule has 1 fully saturated rings. The van der Waals surface area contributed by atoms with Crippen LogP contribution in [-0.2, 0) is 6.54 Å². The largest absolute Gasteiger partial charge is 0.486 e. The summed E-state index contributed by atoms with van der Waals surface area (Å²) in [5.41, 5.74) is 6.31. The minimum absolute atomic E-state index is 0.161. The first-order chi connectivity index (χ1) is 8.16. The fraction of sp³-hybridized carbons (Fsp3) is 0.769. The Kier molecular flexibility index (Phi) is 3.43. The van der Waals surface area contributed by atoms with E-state index in [-0.39, 0.29) is 17.6 Å². The third-order valence-corrected chi connectivity index (χ3v) is 4.38. The minimum atomic E-state index is 0.161. The zero-order valence-corrected chi connectivity index (χ0v) is 11.0. The Bertz CT molecular complexity index is 370. The van der Waals surface area contributed by atoms with Gasteiger partial charge in [0.1, 0.15) is 6.10 Å². The van der Waals surface area contributed by atoms with E-state index in [2.05, 4.69) is 25.9 Å². The maximum Gasteiger partial charge on any atom is 0.157 e. The van der Waals surface area contributed by atoms with Gasteiger partial charge in [-0.25, -0.2) is 0 Å². The van der Waals surface area contributed by atoms with Crippen molar-refractivity contribution < 1.29 is 4.74 Å². The highest BCUT2D eigenvalue weighted by molar-refractivity contribution is 5.16. The molecule has 1 aromatic heterocycles. The van der Waals surface area contributed by atoms with Crippen LogP contribution in [0.2, 0.25) is 0 Å². The Balaban J connectivity index is 2.04. The summed E-state index contributed by atoms with van der Waals surface area (Å²) in [6, 6.07) is 0.281. The standard InChI is InChI=1S/C13H23N3O/c1-4-13(5-2)11(14)7-12(13)17-10-8-15-16(6-3)9-10/h8-9,11-12H,4-7,14H2,1-3H3. The zero-order valence-electron chi connectivity index (χ0n) is 11.0. The second kappa shape index (κ2) is 4.69. The lowest BCUT2D eigenvalue weighted by Crippen LogP contribution is -2.62. The van der Waals surface area contributed by atoms with E-state index in [1.165, 1.54) is 0 Å². The van der Waals surface area contributed by atoms with E-state index in [0.29, 0.717) is 0 Å². The summed E-state index contributed by atoms with van der Waals surface area (Å²) in [5.74, 6) is 0.870. The van der Waals surface area contributed by atoms with Crippen molar-refractivity contribution >= 4 is 0 Å². The van der Waals surface area contributed by atoms with Gasteiger partial charge < -0.3 is 10.5 Å². The molecule has 2 atom stereocenters. The van der Waals surface area contributed by atoms with Crippen molar-refractivity contribution in [2.24, 2.45) is 11.1 Å². The molecule has 2 unspecified atom stereocenters. The van der Waals surface area contributed by atoms with Crippen LogP contribution in [-0.4, -0.2) is 21.9 Å². The van der Waals surface area contributed by atoms with Gasteiger partial charge in [0.2, 0.25) is 0 Å². The molecular weight excluding hydrogens is 214 g/mol. The second-order valence-corrected chi connectivity index (χ2v) is 4.92. The summed E-state index contributed by atoms with van der Waals surface area (Å²) in [6.45, 7) is 7.35. The molecule has 1 saturated carbocycles. The molecule has 1 aliphatic rings. The van der Waals surface area contributed by atoms with Crippen molar-refractivity contribution in [3.63, 3.8) is 0 Å². The molecule has 17 heavy (non-hydrogen) atoms. The topological polar surface area (TPSA) is 53.1 Å². The zero-order chi connectivity index (χ0) is 12.5. The first-order valence-corrected chi connectivity index (χ1v) is 6.61. The lowest BCUT2D eigenvalue weighted by atomic mass is 9.59. The maximum absolute atomic E-state index is 6.15. The van der Waals surface area contributed by atoms with Gasteiger partial charge in [-0.1, -0.05) is 13.8 Å². The lowest BCUT2D eigenvalue weighted by molar-refractivity contribution is -0.0722. The lowest BCUT2D eigenvalue weighted by Gasteiger charge is -2.53. The van der Waals surface area contributed by atoms with E-state index in [9.17, 15) is 0 Å². The van der Waals surface area contributed by atoms with Crippen LogP contribution >= 0.6 is 0 Å². The van der Waals surface area contributed by atoms with Crippen LogP contribution in [0.3, 0.4) is 0 Å². The Labute approximate surface area is 103 Å². The number of aromatic nitrogens is 2. The molecule has 0 radical (unpaired) electrons. The Hall–Kier alpha value is -1.03. The molecule has 1 aliphatic carbocycles. The molecule has 2 rings (SSSR count). The van der Waals surface area contributed by atoms with Gasteiger partial charge in [-0.2, -0.15) is 5.10 Å². The van der Waals surface area contributed by atoms with E-state index in [4.69, 9.17) is 10.5 Å². The number of nitrogens with two attached hydrogens (primary N) is 1. The summed E-state index contributed by atoms with van der Waals surface area (Å²) in [5, 5.41) is 4.22. The summed E-state index contributed by atoms with van der Waals surface area (Å²) in [7, 11) is 0. The van der Waals surface area contributed by atoms with Gasteiger partial charge in [0.05, 0.1) is 12.4 Å². The molecule has 0 aliphatic heterocycles. The van der Waals surface area contributed by atoms with Gasteiger partial charge in [0.25, 0.3) is 0 Å². The van der Waals surface area contributed by atoms with Gasteiger partial charge in [0, 0.05) is 24.4 Å². The van der Waals surface area contributed by atoms with E-state index in [0.717, 1.165) is 31.6 Å². The van der Waals surface area contributed by atoms with Crippen molar-refractivity contribution in [3.05, 3.63) is 12.4 Å². The number of ether oxygens (including phenoxy) is 1. The van der Waals surface area contributed by atoms with Crippen LogP contribution in [0, 0.1) is 5.41 Å². The van der Waals surface area contributed by atoms with Crippen LogP contribution in [0.15, 0.2) is 12.4 Å². The van der Waals surface area contributed by atoms with E-state index in [1.54, 1.807) is 6.20 Å². The van der Waals surface area contributed by atoms with Crippen LogP contribution in [0.25, 0.3) is 0 Å². The van der Waals surface area contributed by atoms with Gasteiger partial charge in [-0.05, 0) is 19.8 Å². The first-order valence-electron chi connectivity index (χ1n) is 6.61. The summed E-state index contributed by atoms with van der Waals surface area (Å²) >= 11 is 0. The number of aryl methyl sites for hydroxylation is 1. The van der Waals surface area contributed by atoms with E-state index in [1.807, 2.05) is 10.9 Å². The highest BCUT2D eigenvalue weighted by Crippen LogP contribution is 2.47. The molecule has 1 aromatic rings. The molecule has 96 valence electrons. The molecule has 1 heterocycles. The highest BCUT2D eigenvalue weighted by Gasteiger charge is 2.52. The SMILES string of the molecule is CCn1cc(OC2CC(N)C2(CC)CC)cn1. The van der Waals surface area contributed by atoms with Gasteiger partial charge in [-0.3, -0.25) is 4.68 Å². The second-order valence-electron chi connectivity index (χ2n) is 4.92. The Morgan fingerprint density at radius 2 is 2.18 bits per heavy atom. The minimum Gasteiger partial charge on any atom is -0.486 e. The van der Waals surface area contributed by atoms with Crippen molar-refractivity contribution in [2.45, 2.75) is 58.7 Å². The van der Waals surface area contributed by atoms with Crippen LogP contribution < -0.4 is 10.5 Å². The van der Waals surface area contributed by atoms with E-state index < -0.39 is 0 Å². The third-order valence-electron chi connectivity index (χ3n) is 4.38. The van der Waals surface area contributed by atoms with Gasteiger partial charge in [0.15, 0.2) is 5.75 Å². The van der Waals surface area contributed by atoms with Gasteiger partial charge in [-0.15, -0.1) is 0 Å². The molecule has 0 aromatic carbocycles. The normalized spacial score (nSPS) is 26.6.